The van der Waals surface area contributed by atoms with Gasteiger partial charge in [0.15, 0.2) is 0 Å². The molecule has 2 atom stereocenters. The number of allylic oxidation sites excluding steroid dienone is 1. The van der Waals surface area contributed by atoms with E-state index in [1.54, 1.807) is 0 Å². The quantitative estimate of drug-likeness (QED) is 0.574. The lowest BCUT2D eigenvalue weighted by Gasteiger charge is -2.22. The second kappa shape index (κ2) is 3.77. The van der Waals surface area contributed by atoms with Crippen LogP contribution in [0.25, 0.3) is 0 Å². The van der Waals surface area contributed by atoms with Gasteiger partial charge in [0.25, 0.3) is 0 Å². The fourth-order valence-corrected chi connectivity index (χ4v) is 1.22. The van der Waals surface area contributed by atoms with Crippen LogP contribution >= 0.6 is 0 Å². The highest BCUT2D eigenvalue weighted by Gasteiger charge is 2.09. The molecular weight excluding hydrogens is 138 g/mol. The van der Waals surface area contributed by atoms with Crippen molar-refractivity contribution in [3.05, 3.63) is 11.8 Å². The number of rotatable bonds is 0. The summed E-state index contributed by atoms with van der Waals surface area (Å²) in [6.07, 6.45) is 3.90. The maximum Gasteiger partial charge on any atom is 0.0722 e. The minimum atomic E-state index is 0.327. The van der Waals surface area contributed by atoms with E-state index in [-0.39, 0.29) is 0 Å². The Hall–Kier alpha value is -0.500. The molecule has 0 aromatic heterocycles. The maximum atomic E-state index is 5.63. The summed E-state index contributed by atoms with van der Waals surface area (Å²) in [7, 11) is 0. The molecule has 1 aliphatic rings. The van der Waals surface area contributed by atoms with Crippen LogP contribution in [-0.4, -0.2) is 18.8 Å². The summed E-state index contributed by atoms with van der Waals surface area (Å²) >= 11 is 0. The molecule has 0 spiro atoms. The highest BCUT2D eigenvalue weighted by Crippen LogP contribution is 2.07. The third-order valence-corrected chi connectivity index (χ3v) is 1.89. The standard InChI is InChI=1S/C9H17NO/c1-7-4-5-8(2)11-9(3)6-10-7/h4,8-10H,5-6H2,1-3H3/b7-4+/t8-,9+/m0/s1. The van der Waals surface area contributed by atoms with E-state index in [2.05, 4.69) is 32.2 Å². The van der Waals surface area contributed by atoms with Gasteiger partial charge in [-0.1, -0.05) is 6.08 Å². The first-order valence-corrected chi connectivity index (χ1v) is 4.24. The summed E-state index contributed by atoms with van der Waals surface area (Å²) < 4.78 is 5.63. The van der Waals surface area contributed by atoms with Crippen molar-refractivity contribution in [3.8, 4) is 0 Å². The first-order chi connectivity index (χ1) is 5.18. The average molecular weight is 155 g/mol. The smallest absolute Gasteiger partial charge is 0.0722 e. The summed E-state index contributed by atoms with van der Waals surface area (Å²) in [5.41, 5.74) is 1.27. The van der Waals surface area contributed by atoms with Crippen molar-refractivity contribution in [2.45, 2.75) is 39.4 Å². The van der Waals surface area contributed by atoms with Crippen molar-refractivity contribution in [2.75, 3.05) is 6.54 Å². The van der Waals surface area contributed by atoms with Gasteiger partial charge in [0.1, 0.15) is 0 Å². The Morgan fingerprint density at radius 1 is 1.45 bits per heavy atom. The van der Waals surface area contributed by atoms with Crippen LogP contribution in [0.4, 0.5) is 0 Å². The first-order valence-electron chi connectivity index (χ1n) is 4.24. The van der Waals surface area contributed by atoms with E-state index < -0.39 is 0 Å². The molecule has 1 aliphatic heterocycles. The Labute approximate surface area is 68.6 Å². The van der Waals surface area contributed by atoms with Gasteiger partial charge >= 0.3 is 0 Å². The molecule has 1 N–H and O–H groups in total. The van der Waals surface area contributed by atoms with Gasteiger partial charge in [-0.2, -0.15) is 0 Å². The number of hydrogen-bond acceptors (Lipinski definition) is 2. The molecule has 0 fully saturated rings. The molecule has 2 nitrogen and oxygen atoms in total. The van der Waals surface area contributed by atoms with Gasteiger partial charge in [-0.3, -0.25) is 0 Å². The third-order valence-electron chi connectivity index (χ3n) is 1.89. The summed E-state index contributed by atoms with van der Waals surface area (Å²) in [5, 5.41) is 3.29. The van der Waals surface area contributed by atoms with Crippen molar-refractivity contribution < 1.29 is 4.74 Å². The molecular formula is C9H17NO. The average Bonchev–Trinajstić information content (AvgIpc) is 1.95. The predicted octanol–water partition coefficient (Wildman–Crippen LogP) is 1.68. The molecule has 11 heavy (non-hydrogen) atoms. The molecule has 0 aliphatic carbocycles. The second-order valence-corrected chi connectivity index (χ2v) is 3.26. The Balaban J connectivity index is 2.50. The number of hydrogen-bond donors (Lipinski definition) is 1. The minimum Gasteiger partial charge on any atom is -0.386 e. The molecule has 64 valence electrons. The monoisotopic (exact) mass is 155 g/mol. The van der Waals surface area contributed by atoms with E-state index in [0.717, 1.165) is 13.0 Å². The SMILES string of the molecule is C/C1=C\C[C@H](C)O[C@H](C)CN1. The van der Waals surface area contributed by atoms with E-state index in [9.17, 15) is 0 Å². The van der Waals surface area contributed by atoms with E-state index in [1.807, 2.05) is 0 Å². The van der Waals surface area contributed by atoms with E-state index >= 15 is 0 Å². The van der Waals surface area contributed by atoms with Gasteiger partial charge in [-0.05, 0) is 27.2 Å². The van der Waals surface area contributed by atoms with Crippen molar-refractivity contribution in [1.82, 2.24) is 5.32 Å². The lowest BCUT2D eigenvalue weighted by Crippen LogP contribution is -2.30. The van der Waals surface area contributed by atoms with Gasteiger partial charge in [0, 0.05) is 12.2 Å². The van der Waals surface area contributed by atoms with Crippen LogP contribution in [0, 0.1) is 0 Å². The van der Waals surface area contributed by atoms with Crippen molar-refractivity contribution in [2.24, 2.45) is 0 Å². The number of nitrogens with one attached hydrogen (secondary N) is 1. The Bertz CT molecular complexity index is 154. The Kier molecular flexibility index (Phi) is 2.94. The predicted molar refractivity (Wildman–Crippen MR) is 46.4 cm³/mol. The molecule has 2 heteroatoms. The van der Waals surface area contributed by atoms with Crippen LogP contribution in [0.3, 0.4) is 0 Å². The molecule has 0 amide bonds. The number of ether oxygens (including phenoxy) is 1. The van der Waals surface area contributed by atoms with E-state index in [0.29, 0.717) is 12.2 Å². The minimum absolute atomic E-state index is 0.327. The van der Waals surface area contributed by atoms with Gasteiger partial charge in [0.05, 0.1) is 12.2 Å². The molecule has 0 aromatic carbocycles. The molecule has 0 saturated carbocycles. The lowest BCUT2D eigenvalue weighted by atomic mass is 10.2. The fraction of sp³-hybridized carbons (Fsp3) is 0.778. The lowest BCUT2D eigenvalue weighted by molar-refractivity contribution is 0.00963. The molecule has 0 bridgehead atoms. The highest BCUT2D eigenvalue weighted by atomic mass is 16.5. The summed E-state index contributed by atoms with van der Waals surface area (Å²) in [5.74, 6) is 0. The van der Waals surface area contributed by atoms with Crippen molar-refractivity contribution in [1.29, 1.82) is 0 Å². The summed E-state index contributed by atoms with van der Waals surface area (Å²) in [6, 6.07) is 0. The Morgan fingerprint density at radius 2 is 2.18 bits per heavy atom. The zero-order valence-corrected chi connectivity index (χ0v) is 7.55. The maximum absolute atomic E-state index is 5.63. The summed E-state index contributed by atoms with van der Waals surface area (Å²) in [4.78, 5) is 0. The van der Waals surface area contributed by atoms with Crippen molar-refractivity contribution in [3.63, 3.8) is 0 Å². The third kappa shape index (κ3) is 2.93. The normalized spacial score (nSPS) is 37.9. The largest absolute Gasteiger partial charge is 0.386 e. The summed E-state index contributed by atoms with van der Waals surface area (Å²) in [6.45, 7) is 7.24. The highest BCUT2D eigenvalue weighted by molar-refractivity contribution is 4.97. The zero-order valence-electron chi connectivity index (χ0n) is 7.55. The fourth-order valence-electron chi connectivity index (χ4n) is 1.22. The van der Waals surface area contributed by atoms with Gasteiger partial charge < -0.3 is 10.1 Å². The molecule has 0 saturated heterocycles. The molecule has 0 radical (unpaired) electrons. The van der Waals surface area contributed by atoms with Gasteiger partial charge in [-0.15, -0.1) is 0 Å². The first kappa shape index (κ1) is 8.60. The van der Waals surface area contributed by atoms with Crippen LogP contribution < -0.4 is 5.32 Å². The molecule has 0 aromatic rings. The van der Waals surface area contributed by atoms with E-state index in [4.69, 9.17) is 4.74 Å². The van der Waals surface area contributed by atoms with Crippen LogP contribution in [0.1, 0.15) is 27.2 Å². The van der Waals surface area contributed by atoms with Gasteiger partial charge in [-0.25, -0.2) is 0 Å². The zero-order chi connectivity index (χ0) is 8.27. The van der Waals surface area contributed by atoms with Crippen LogP contribution in [0.2, 0.25) is 0 Å². The molecule has 0 unspecified atom stereocenters. The topological polar surface area (TPSA) is 21.3 Å². The van der Waals surface area contributed by atoms with Crippen LogP contribution in [0.15, 0.2) is 11.8 Å². The van der Waals surface area contributed by atoms with Crippen molar-refractivity contribution >= 4 is 0 Å². The van der Waals surface area contributed by atoms with E-state index in [1.165, 1.54) is 5.70 Å². The molecule has 1 rings (SSSR count). The van der Waals surface area contributed by atoms with Crippen LogP contribution in [0.5, 0.6) is 0 Å². The second-order valence-electron chi connectivity index (χ2n) is 3.26. The Morgan fingerprint density at radius 3 is 2.91 bits per heavy atom. The van der Waals surface area contributed by atoms with Gasteiger partial charge in [0.2, 0.25) is 0 Å². The molecule has 1 heterocycles. The van der Waals surface area contributed by atoms with Crippen LogP contribution in [-0.2, 0) is 4.74 Å².